The number of carbonyl (C=O) groups is 1. The van der Waals surface area contributed by atoms with Gasteiger partial charge < -0.3 is 14.9 Å². The fourth-order valence-electron chi connectivity index (χ4n) is 4.90. The highest BCUT2D eigenvalue weighted by Crippen LogP contribution is 2.33. The molecular formula is C29H32N2O4. The molecule has 1 fully saturated rings. The largest absolute Gasteiger partial charge is 0.497 e. The molecule has 1 aromatic heterocycles. The van der Waals surface area contributed by atoms with Crippen molar-refractivity contribution in [1.29, 1.82) is 0 Å². The number of carboxylic acid groups (broad SMARTS) is 1. The molecule has 0 bridgehead atoms. The molecule has 6 nitrogen and oxygen atoms in total. The van der Waals surface area contributed by atoms with Crippen LogP contribution in [0.3, 0.4) is 0 Å². The van der Waals surface area contributed by atoms with Crippen LogP contribution < -0.4 is 4.74 Å². The molecule has 0 radical (unpaired) electrons. The summed E-state index contributed by atoms with van der Waals surface area (Å²) in [5.41, 5.74) is 3.74. The topological polar surface area (TPSA) is 82.9 Å². The van der Waals surface area contributed by atoms with Gasteiger partial charge in [0.25, 0.3) is 0 Å². The van der Waals surface area contributed by atoms with Crippen LogP contribution >= 0.6 is 0 Å². The maximum absolute atomic E-state index is 12.1. The van der Waals surface area contributed by atoms with Crippen molar-refractivity contribution >= 4 is 16.9 Å². The minimum atomic E-state index is -0.778. The maximum atomic E-state index is 12.1. The number of aryl methyl sites for hydroxylation is 1. The van der Waals surface area contributed by atoms with Gasteiger partial charge in [0.2, 0.25) is 0 Å². The number of aliphatic carboxylic acids is 1. The summed E-state index contributed by atoms with van der Waals surface area (Å²) in [5.74, 6) is 5.87. The van der Waals surface area contributed by atoms with E-state index in [0.29, 0.717) is 31.7 Å². The molecule has 2 N–H and O–H groups in total. The molecule has 0 saturated carbocycles. The second kappa shape index (κ2) is 11.4. The van der Waals surface area contributed by atoms with E-state index in [1.54, 1.807) is 13.3 Å². The standard InChI is InChI=1S/C29H32N2O4/c1-20-5-3-6-21(17-20)7-4-15-31-16-13-22(26(19-31)29(33)34)8-11-28(32)24-12-14-30-27-10-9-23(35-2)18-25(24)27/h3,5-6,9-10,12,14,17-18,22,26,28,32H,8,11,13,15-16,19H2,1-2H3,(H,33,34)/t22-,26+,28-/m1/s1. The van der Waals surface area contributed by atoms with Gasteiger partial charge in [-0.3, -0.25) is 14.7 Å². The minimum Gasteiger partial charge on any atom is -0.497 e. The number of pyridine rings is 1. The van der Waals surface area contributed by atoms with Crippen LogP contribution in [0.15, 0.2) is 54.7 Å². The van der Waals surface area contributed by atoms with Gasteiger partial charge >= 0.3 is 5.97 Å². The second-order valence-electron chi connectivity index (χ2n) is 9.28. The van der Waals surface area contributed by atoms with Crippen molar-refractivity contribution in [3.63, 3.8) is 0 Å². The average Bonchev–Trinajstić information content (AvgIpc) is 2.87. The summed E-state index contributed by atoms with van der Waals surface area (Å²) in [7, 11) is 1.61. The number of likely N-dealkylation sites (tertiary alicyclic amines) is 1. The van der Waals surface area contributed by atoms with Crippen molar-refractivity contribution in [3.05, 3.63) is 71.4 Å². The molecule has 0 spiro atoms. The smallest absolute Gasteiger partial charge is 0.308 e. The monoisotopic (exact) mass is 472 g/mol. The molecule has 1 aliphatic heterocycles. The number of piperidine rings is 1. The molecule has 35 heavy (non-hydrogen) atoms. The maximum Gasteiger partial charge on any atom is 0.308 e. The van der Waals surface area contributed by atoms with Crippen molar-refractivity contribution in [3.8, 4) is 17.6 Å². The van der Waals surface area contributed by atoms with Crippen molar-refractivity contribution in [2.45, 2.75) is 32.3 Å². The van der Waals surface area contributed by atoms with Gasteiger partial charge in [-0.25, -0.2) is 0 Å². The number of methoxy groups -OCH3 is 1. The first-order valence-corrected chi connectivity index (χ1v) is 12.1. The number of fused-ring (bicyclic) bond motifs is 1. The van der Waals surface area contributed by atoms with E-state index in [0.717, 1.165) is 35.0 Å². The lowest BCUT2D eigenvalue weighted by atomic mass is 9.81. The van der Waals surface area contributed by atoms with Crippen LogP contribution in [0, 0.1) is 30.6 Å². The molecule has 0 amide bonds. The molecular weight excluding hydrogens is 440 g/mol. The average molecular weight is 473 g/mol. The zero-order valence-electron chi connectivity index (χ0n) is 20.3. The molecule has 0 aliphatic carbocycles. The second-order valence-corrected chi connectivity index (χ2v) is 9.28. The zero-order valence-corrected chi connectivity index (χ0v) is 20.3. The molecule has 1 aliphatic rings. The van der Waals surface area contributed by atoms with Gasteiger partial charge in [-0.1, -0.05) is 24.0 Å². The number of aliphatic hydroxyl groups is 1. The molecule has 4 rings (SSSR count). The lowest BCUT2D eigenvalue weighted by Crippen LogP contribution is -2.44. The van der Waals surface area contributed by atoms with Crippen LogP contribution in [0.25, 0.3) is 10.9 Å². The van der Waals surface area contributed by atoms with E-state index in [-0.39, 0.29) is 5.92 Å². The number of nitrogens with zero attached hydrogens (tertiary/aromatic N) is 2. The van der Waals surface area contributed by atoms with Crippen molar-refractivity contribution in [2.75, 3.05) is 26.7 Å². The van der Waals surface area contributed by atoms with E-state index >= 15 is 0 Å². The Labute approximate surface area is 206 Å². The predicted octanol–water partition coefficient (Wildman–Crippen LogP) is 4.44. The minimum absolute atomic E-state index is 0.0192. The fraction of sp³-hybridized carbons (Fsp3) is 0.379. The molecule has 3 atom stereocenters. The summed E-state index contributed by atoms with van der Waals surface area (Å²) in [6, 6.07) is 15.5. The Morgan fingerprint density at radius 3 is 2.89 bits per heavy atom. The Morgan fingerprint density at radius 2 is 2.11 bits per heavy atom. The molecule has 0 unspecified atom stereocenters. The summed E-state index contributed by atoms with van der Waals surface area (Å²) in [5, 5.41) is 21.7. The number of rotatable bonds is 7. The molecule has 3 aromatic rings. The normalized spacial score (nSPS) is 19.1. The Kier molecular flexibility index (Phi) is 8.02. The van der Waals surface area contributed by atoms with Crippen LogP contribution in [0.1, 0.15) is 42.1 Å². The van der Waals surface area contributed by atoms with Gasteiger partial charge in [0.15, 0.2) is 0 Å². The lowest BCUT2D eigenvalue weighted by molar-refractivity contribution is -0.146. The molecule has 2 aromatic carbocycles. The predicted molar refractivity (Wildman–Crippen MR) is 136 cm³/mol. The number of hydrogen-bond acceptors (Lipinski definition) is 5. The highest BCUT2D eigenvalue weighted by molar-refractivity contribution is 5.83. The third kappa shape index (κ3) is 6.19. The van der Waals surface area contributed by atoms with Gasteiger partial charge in [0.1, 0.15) is 5.75 Å². The van der Waals surface area contributed by atoms with Gasteiger partial charge in [-0.15, -0.1) is 0 Å². The Bertz CT molecular complexity index is 1250. The molecule has 6 heteroatoms. The summed E-state index contributed by atoms with van der Waals surface area (Å²) in [6.45, 7) is 3.88. The summed E-state index contributed by atoms with van der Waals surface area (Å²) in [6.07, 6.45) is 2.93. The van der Waals surface area contributed by atoms with Gasteiger partial charge in [-0.05, 0) is 86.2 Å². The number of benzene rings is 2. The Hall–Kier alpha value is -3.40. The van der Waals surface area contributed by atoms with E-state index in [1.165, 1.54) is 5.56 Å². The SMILES string of the molecule is COc1ccc2nccc([C@H](O)CC[C@@H]3CCN(CC#Cc4cccc(C)c4)C[C@@H]3C(=O)O)c2c1. The third-order valence-electron chi connectivity index (χ3n) is 6.86. The number of hydrogen-bond donors (Lipinski definition) is 2. The highest BCUT2D eigenvalue weighted by atomic mass is 16.5. The van der Waals surface area contributed by atoms with Crippen LogP contribution in [-0.4, -0.2) is 52.8 Å². The van der Waals surface area contributed by atoms with E-state index in [2.05, 4.69) is 21.7 Å². The van der Waals surface area contributed by atoms with Crippen molar-refractivity contribution in [1.82, 2.24) is 9.88 Å². The number of aliphatic hydroxyl groups excluding tert-OH is 1. The highest BCUT2D eigenvalue weighted by Gasteiger charge is 2.34. The van der Waals surface area contributed by atoms with Crippen LogP contribution in [0.5, 0.6) is 5.75 Å². The number of carboxylic acids is 1. The molecule has 1 saturated heterocycles. The van der Waals surface area contributed by atoms with Crippen molar-refractivity contribution in [2.24, 2.45) is 11.8 Å². The fourth-order valence-corrected chi connectivity index (χ4v) is 4.90. The van der Waals surface area contributed by atoms with Gasteiger partial charge in [0.05, 0.1) is 31.2 Å². The van der Waals surface area contributed by atoms with E-state index in [4.69, 9.17) is 4.74 Å². The van der Waals surface area contributed by atoms with E-state index in [1.807, 2.05) is 55.5 Å². The van der Waals surface area contributed by atoms with Crippen LogP contribution in [-0.2, 0) is 4.79 Å². The summed E-state index contributed by atoms with van der Waals surface area (Å²) < 4.78 is 5.33. The van der Waals surface area contributed by atoms with E-state index in [9.17, 15) is 15.0 Å². The molecule has 182 valence electrons. The van der Waals surface area contributed by atoms with Crippen LogP contribution in [0.2, 0.25) is 0 Å². The summed E-state index contributed by atoms with van der Waals surface area (Å²) in [4.78, 5) is 18.6. The third-order valence-corrected chi connectivity index (χ3v) is 6.86. The molecule has 2 heterocycles. The first-order valence-electron chi connectivity index (χ1n) is 12.1. The Balaban J connectivity index is 1.38. The van der Waals surface area contributed by atoms with Gasteiger partial charge in [0, 0.05) is 23.7 Å². The van der Waals surface area contributed by atoms with E-state index < -0.39 is 18.0 Å². The number of aromatic nitrogens is 1. The summed E-state index contributed by atoms with van der Waals surface area (Å²) >= 11 is 0. The Morgan fingerprint density at radius 1 is 1.26 bits per heavy atom. The quantitative estimate of drug-likeness (QED) is 0.495. The lowest BCUT2D eigenvalue weighted by Gasteiger charge is -2.36. The van der Waals surface area contributed by atoms with Crippen LogP contribution in [0.4, 0.5) is 0 Å². The van der Waals surface area contributed by atoms with Crippen molar-refractivity contribution < 1.29 is 19.7 Å². The first-order chi connectivity index (χ1) is 16.9. The number of ether oxygens (including phenoxy) is 1. The van der Waals surface area contributed by atoms with Gasteiger partial charge in [-0.2, -0.15) is 0 Å². The first kappa shape index (κ1) is 24.7. The zero-order chi connectivity index (χ0) is 24.8.